The van der Waals surface area contributed by atoms with Gasteiger partial charge in [-0.2, -0.15) is 5.10 Å². The van der Waals surface area contributed by atoms with Gasteiger partial charge in [-0.3, -0.25) is 9.69 Å². The van der Waals surface area contributed by atoms with Gasteiger partial charge in [-0.25, -0.2) is 9.48 Å². The van der Waals surface area contributed by atoms with Crippen molar-refractivity contribution in [1.29, 1.82) is 0 Å². The lowest BCUT2D eigenvalue weighted by Gasteiger charge is -2.22. The molecular formula is C17H20N4O2. The van der Waals surface area contributed by atoms with E-state index in [9.17, 15) is 9.59 Å². The van der Waals surface area contributed by atoms with E-state index in [2.05, 4.69) is 10.4 Å². The fourth-order valence-corrected chi connectivity index (χ4v) is 2.88. The average molecular weight is 312 g/mol. The van der Waals surface area contributed by atoms with E-state index in [1.807, 2.05) is 56.4 Å². The first-order valence-electron chi connectivity index (χ1n) is 7.83. The third-order valence-corrected chi connectivity index (χ3v) is 4.44. The number of carbonyl (C=O) groups is 2. The van der Waals surface area contributed by atoms with Gasteiger partial charge >= 0.3 is 6.03 Å². The molecule has 0 bridgehead atoms. The Morgan fingerprint density at radius 2 is 1.78 bits per heavy atom. The molecule has 2 heterocycles. The van der Waals surface area contributed by atoms with Crippen molar-refractivity contribution in [2.45, 2.75) is 38.8 Å². The summed E-state index contributed by atoms with van der Waals surface area (Å²) in [6.07, 6.45) is 3.00. The second-order valence-electron chi connectivity index (χ2n) is 5.70. The first kappa shape index (κ1) is 15.3. The lowest BCUT2D eigenvalue weighted by molar-refractivity contribution is -0.132. The van der Waals surface area contributed by atoms with Crippen molar-refractivity contribution in [3.63, 3.8) is 0 Å². The summed E-state index contributed by atoms with van der Waals surface area (Å²) < 4.78 is 1.74. The summed E-state index contributed by atoms with van der Waals surface area (Å²) in [5.74, 6) is -0.165. The summed E-state index contributed by atoms with van der Waals surface area (Å²) in [6.45, 7) is 4.01. The van der Waals surface area contributed by atoms with Crippen LogP contribution in [0.3, 0.4) is 0 Å². The van der Waals surface area contributed by atoms with Gasteiger partial charge in [-0.15, -0.1) is 0 Å². The molecule has 1 N–H and O–H groups in total. The standard InChI is InChI=1S/C17H20N4O2/c1-3-17(4-2)15(22)20(16(23)18-17)12-13-10-11-21(19-13)14-8-6-5-7-9-14/h5-11H,3-4,12H2,1-2H3,(H,18,23). The molecule has 3 rings (SSSR count). The highest BCUT2D eigenvalue weighted by molar-refractivity contribution is 6.06. The van der Waals surface area contributed by atoms with E-state index in [0.29, 0.717) is 18.5 Å². The number of carbonyl (C=O) groups excluding carboxylic acids is 2. The molecule has 1 aromatic carbocycles. The predicted molar refractivity (Wildman–Crippen MR) is 86.0 cm³/mol. The molecule has 0 saturated carbocycles. The fraction of sp³-hybridized carbons (Fsp3) is 0.353. The number of hydrogen-bond donors (Lipinski definition) is 1. The van der Waals surface area contributed by atoms with Gasteiger partial charge in [0.15, 0.2) is 0 Å². The SMILES string of the molecule is CCC1(CC)NC(=O)N(Cc2ccn(-c3ccccc3)n2)C1=O. The number of aromatic nitrogens is 2. The Hall–Kier alpha value is -2.63. The summed E-state index contributed by atoms with van der Waals surface area (Å²) in [5.41, 5.74) is 0.854. The van der Waals surface area contributed by atoms with Crippen molar-refractivity contribution < 1.29 is 9.59 Å². The summed E-state index contributed by atoms with van der Waals surface area (Å²) >= 11 is 0. The van der Waals surface area contributed by atoms with Crippen LogP contribution in [0.4, 0.5) is 4.79 Å². The first-order valence-corrected chi connectivity index (χ1v) is 7.83. The van der Waals surface area contributed by atoms with Crippen molar-refractivity contribution in [1.82, 2.24) is 20.0 Å². The molecule has 0 radical (unpaired) electrons. The van der Waals surface area contributed by atoms with Crippen molar-refractivity contribution in [2.24, 2.45) is 0 Å². The largest absolute Gasteiger partial charge is 0.325 e. The molecule has 6 nitrogen and oxygen atoms in total. The molecule has 1 fully saturated rings. The zero-order valence-electron chi connectivity index (χ0n) is 13.3. The molecule has 1 aromatic heterocycles. The monoisotopic (exact) mass is 312 g/mol. The minimum Gasteiger partial charge on any atom is -0.323 e. The smallest absolute Gasteiger partial charge is 0.323 e. The molecule has 1 aliphatic rings. The molecule has 0 unspecified atom stereocenters. The Balaban J connectivity index is 1.79. The number of para-hydroxylation sites is 1. The highest BCUT2D eigenvalue weighted by Crippen LogP contribution is 2.26. The van der Waals surface area contributed by atoms with E-state index in [1.54, 1.807) is 4.68 Å². The van der Waals surface area contributed by atoms with Crippen molar-refractivity contribution >= 4 is 11.9 Å². The van der Waals surface area contributed by atoms with E-state index in [4.69, 9.17) is 0 Å². The van der Waals surface area contributed by atoms with Crippen LogP contribution in [0, 0.1) is 0 Å². The van der Waals surface area contributed by atoms with Gasteiger partial charge in [0.2, 0.25) is 0 Å². The Morgan fingerprint density at radius 1 is 1.09 bits per heavy atom. The zero-order valence-corrected chi connectivity index (χ0v) is 13.3. The molecule has 0 atom stereocenters. The van der Waals surface area contributed by atoms with Gasteiger partial charge in [-0.1, -0.05) is 32.0 Å². The Morgan fingerprint density at radius 3 is 2.39 bits per heavy atom. The number of amides is 3. The van der Waals surface area contributed by atoms with Crippen LogP contribution < -0.4 is 5.32 Å². The van der Waals surface area contributed by atoms with Gasteiger partial charge in [0.25, 0.3) is 5.91 Å². The third kappa shape index (κ3) is 2.60. The van der Waals surface area contributed by atoms with Gasteiger partial charge in [-0.05, 0) is 31.0 Å². The van der Waals surface area contributed by atoms with Crippen molar-refractivity contribution in [3.05, 3.63) is 48.3 Å². The summed E-state index contributed by atoms with van der Waals surface area (Å²) in [6, 6.07) is 11.2. The summed E-state index contributed by atoms with van der Waals surface area (Å²) in [7, 11) is 0. The number of nitrogens with zero attached hydrogens (tertiary/aromatic N) is 3. The van der Waals surface area contributed by atoms with Crippen LogP contribution in [-0.2, 0) is 11.3 Å². The number of urea groups is 1. The molecule has 0 aliphatic carbocycles. The van der Waals surface area contributed by atoms with Crippen molar-refractivity contribution in [3.8, 4) is 5.69 Å². The molecule has 1 aliphatic heterocycles. The van der Waals surface area contributed by atoms with E-state index >= 15 is 0 Å². The number of hydrogen-bond acceptors (Lipinski definition) is 3. The lowest BCUT2D eigenvalue weighted by atomic mass is 9.93. The molecular weight excluding hydrogens is 292 g/mol. The molecule has 6 heteroatoms. The quantitative estimate of drug-likeness (QED) is 0.863. The van der Waals surface area contributed by atoms with Gasteiger partial charge in [0.05, 0.1) is 17.9 Å². The maximum Gasteiger partial charge on any atom is 0.325 e. The highest BCUT2D eigenvalue weighted by Gasteiger charge is 2.48. The highest BCUT2D eigenvalue weighted by atomic mass is 16.2. The van der Waals surface area contributed by atoms with Crippen LogP contribution in [0.1, 0.15) is 32.4 Å². The Kier molecular flexibility index (Phi) is 3.90. The maximum absolute atomic E-state index is 12.6. The maximum atomic E-state index is 12.6. The average Bonchev–Trinajstić information content (AvgIpc) is 3.14. The van der Waals surface area contributed by atoms with Gasteiger partial charge in [0, 0.05) is 6.20 Å². The fourth-order valence-electron chi connectivity index (χ4n) is 2.88. The molecule has 3 amide bonds. The van der Waals surface area contributed by atoms with Gasteiger partial charge in [0.1, 0.15) is 5.54 Å². The number of rotatable bonds is 5. The minimum absolute atomic E-state index is 0.165. The third-order valence-electron chi connectivity index (χ3n) is 4.44. The summed E-state index contributed by atoms with van der Waals surface area (Å²) in [5, 5.41) is 7.28. The predicted octanol–water partition coefficient (Wildman–Crippen LogP) is 2.48. The van der Waals surface area contributed by atoms with E-state index in [-0.39, 0.29) is 18.5 Å². The molecule has 2 aromatic rings. The van der Waals surface area contributed by atoms with Crippen LogP contribution in [0.25, 0.3) is 5.69 Å². The van der Waals surface area contributed by atoms with E-state index in [0.717, 1.165) is 5.69 Å². The minimum atomic E-state index is -0.765. The van der Waals surface area contributed by atoms with E-state index in [1.165, 1.54) is 4.90 Å². The normalized spacial score (nSPS) is 16.7. The Labute approximate surface area is 135 Å². The lowest BCUT2D eigenvalue weighted by Crippen LogP contribution is -2.45. The number of benzene rings is 1. The van der Waals surface area contributed by atoms with Crippen LogP contribution in [0.5, 0.6) is 0 Å². The van der Waals surface area contributed by atoms with E-state index < -0.39 is 5.54 Å². The Bertz CT molecular complexity index is 719. The van der Waals surface area contributed by atoms with Crippen LogP contribution in [0.2, 0.25) is 0 Å². The second kappa shape index (κ2) is 5.87. The number of nitrogens with one attached hydrogen (secondary N) is 1. The second-order valence-corrected chi connectivity index (χ2v) is 5.70. The summed E-state index contributed by atoms with van der Waals surface area (Å²) in [4.78, 5) is 26.0. The van der Waals surface area contributed by atoms with Crippen LogP contribution in [0.15, 0.2) is 42.6 Å². The number of imide groups is 1. The topological polar surface area (TPSA) is 67.2 Å². The molecule has 120 valence electrons. The van der Waals surface area contributed by atoms with Gasteiger partial charge < -0.3 is 5.32 Å². The molecule has 0 spiro atoms. The molecule has 23 heavy (non-hydrogen) atoms. The van der Waals surface area contributed by atoms with Crippen LogP contribution >= 0.6 is 0 Å². The molecule has 1 saturated heterocycles. The zero-order chi connectivity index (χ0) is 16.4. The van der Waals surface area contributed by atoms with Crippen molar-refractivity contribution in [2.75, 3.05) is 0 Å². The first-order chi connectivity index (χ1) is 11.1. The van der Waals surface area contributed by atoms with Crippen LogP contribution in [-0.4, -0.2) is 32.2 Å².